The van der Waals surface area contributed by atoms with Gasteiger partial charge in [-0.05, 0) is 57.8 Å². The molecule has 2 atom stereocenters. The molecule has 546 valence electrons. The average Bonchev–Trinajstić information content (AvgIpc) is 3.55. The third-order valence-corrected chi connectivity index (χ3v) is 20.2. The molecule has 0 radical (unpaired) electrons. The molecular weight excluding hydrogens is 1130 g/mol. The number of aliphatic hydroxyl groups excluding tert-OH is 2. The van der Waals surface area contributed by atoms with Crippen LogP contribution in [0.1, 0.15) is 489 Å². The summed E-state index contributed by atoms with van der Waals surface area (Å²) in [5.41, 5.74) is 0. The van der Waals surface area contributed by atoms with Gasteiger partial charge in [0.25, 0.3) is 0 Å². The third kappa shape index (κ3) is 77.3. The number of amides is 1. The molecule has 0 saturated carbocycles. The maximum atomic E-state index is 12.6. The Bertz CT molecular complexity index is 1450. The Morgan fingerprint density at radius 2 is 0.511 bits per heavy atom. The fraction of sp³-hybridized carbons (Fsp3) is 0.930. The van der Waals surface area contributed by atoms with Crippen LogP contribution in [0.2, 0.25) is 0 Å². The molecule has 2 unspecified atom stereocenters. The Kier molecular flexibility index (Phi) is 80.3. The number of allylic oxidation sites excluding steroid dienone is 3. The van der Waals surface area contributed by atoms with Crippen LogP contribution in [0.25, 0.3) is 0 Å². The Hall–Kier alpha value is -1.66. The molecule has 0 saturated heterocycles. The van der Waals surface area contributed by atoms with Gasteiger partial charge in [0.15, 0.2) is 0 Å². The van der Waals surface area contributed by atoms with Gasteiger partial charge in [-0.3, -0.25) is 9.59 Å². The number of hydrogen-bond donors (Lipinski definition) is 3. The molecule has 0 aliphatic rings. The number of aliphatic hydroxyl groups is 2. The topological polar surface area (TPSA) is 95.9 Å². The fourth-order valence-electron chi connectivity index (χ4n) is 13.8. The van der Waals surface area contributed by atoms with Crippen molar-refractivity contribution in [1.82, 2.24) is 5.32 Å². The molecule has 6 nitrogen and oxygen atoms in total. The van der Waals surface area contributed by atoms with Crippen LogP contribution in [0.4, 0.5) is 0 Å². The van der Waals surface area contributed by atoms with Crippen LogP contribution in [-0.4, -0.2) is 47.4 Å². The van der Waals surface area contributed by atoms with Crippen LogP contribution >= 0.6 is 0 Å². The molecule has 0 aliphatic carbocycles. The molecule has 92 heavy (non-hydrogen) atoms. The molecule has 6 heteroatoms. The van der Waals surface area contributed by atoms with Crippen LogP contribution in [0.5, 0.6) is 0 Å². The normalized spacial score (nSPS) is 12.5. The van der Waals surface area contributed by atoms with Crippen molar-refractivity contribution in [2.75, 3.05) is 13.2 Å². The van der Waals surface area contributed by atoms with Gasteiger partial charge in [0.1, 0.15) is 0 Å². The van der Waals surface area contributed by atoms with E-state index in [0.717, 1.165) is 44.9 Å². The van der Waals surface area contributed by atoms with E-state index in [2.05, 4.69) is 31.3 Å². The van der Waals surface area contributed by atoms with Gasteiger partial charge in [0.2, 0.25) is 5.91 Å². The highest BCUT2D eigenvalue weighted by Crippen LogP contribution is 2.21. The lowest BCUT2D eigenvalue weighted by Crippen LogP contribution is -2.45. The molecule has 0 spiro atoms. The van der Waals surface area contributed by atoms with Crippen molar-refractivity contribution in [3.63, 3.8) is 0 Å². The first kappa shape index (κ1) is 90.3. The van der Waals surface area contributed by atoms with Gasteiger partial charge >= 0.3 is 5.97 Å². The largest absolute Gasteiger partial charge is 0.466 e. The minimum Gasteiger partial charge on any atom is -0.466 e. The van der Waals surface area contributed by atoms with Gasteiger partial charge in [-0.2, -0.15) is 0 Å². The lowest BCUT2D eigenvalue weighted by molar-refractivity contribution is -0.143. The van der Waals surface area contributed by atoms with E-state index in [-0.39, 0.29) is 18.5 Å². The van der Waals surface area contributed by atoms with Crippen molar-refractivity contribution in [2.45, 2.75) is 501 Å². The van der Waals surface area contributed by atoms with Gasteiger partial charge in [-0.25, -0.2) is 0 Å². The molecule has 0 rings (SSSR count). The monoisotopic (exact) mass is 1290 g/mol. The van der Waals surface area contributed by atoms with E-state index in [1.165, 1.54) is 417 Å². The van der Waals surface area contributed by atoms with E-state index in [4.69, 9.17) is 4.74 Å². The first-order chi connectivity index (χ1) is 45.5. The molecule has 0 aliphatic heterocycles. The van der Waals surface area contributed by atoms with Crippen molar-refractivity contribution in [3.8, 4) is 0 Å². The number of carbonyl (C=O) groups is 2. The van der Waals surface area contributed by atoms with Gasteiger partial charge in [0.05, 0.1) is 25.4 Å². The molecule has 0 bridgehead atoms. The standard InChI is InChI=1S/C86H167NO5/c1-3-5-7-9-11-13-15-17-18-19-20-21-22-36-39-42-45-48-51-55-58-62-66-70-74-78-84(89)83(82-88)87-85(90)79-75-71-67-63-59-56-52-49-46-43-40-37-34-32-30-28-26-24-23-25-27-29-31-33-35-38-41-44-47-50-53-57-61-65-69-73-77-81-92-86(91)80-76-72-68-64-60-54-16-14-12-10-8-6-4-2/h14,16,74,78,83-84,88-89H,3-13,15,17-73,75-77,79-82H2,1-2H3,(H,87,90)/b16-14-,78-74+. The summed E-state index contributed by atoms with van der Waals surface area (Å²) in [6, 6.07) is -0.625. The van der Waals surface area contributed by atoms with Crippen molar-refractivity contribution in [2.24, 2.45) is 0 Å². The Morgan fingerprint density at radius 1 is 0.293 bits per heavy atom. The highest BCUT2D eigenvalue weighted by molar-refractivity contribution is 5.76. The number of hydrogen-bond acceptors (Lipinski definition) is 5. The molecular formula is C86H167NO5. The highest BCUT2D eigenvalue weighted by atomic mass is 16.5. The van der Waals surface area contributed by atoms with E-state index in [0.29, 0.717) is 19.4 Å². The average molecular weight is 1300 g/mol. The van der Waals surface area contributed by atoms with E-state index < -0.39 is 12.1 Å². The first-order valence-corrected chi connectivity index (χ1v) is 42.6. The van der Waals surface area contributed by atoms with E-state index in [9.17, 15) is 19.8 Å². The van der Waals surface area contributed by atoms with Gasteiger partial charge in [0, 0.05) is 12.8 Å². The summed E-state index contributed by atoms with van der Waals surface area (Å²) in [6.45, 7) is 4.95. The summed E-state index contributed by atoms with van der Waals surface area (Å²) in [7, 11) is 0. The zero-order chi connectivity index (χ0) is 66.3. The lowest BCUT2D eigenvalue weighted by atomic mass is 10.0. The zero-order valence-electron chi connectivity index (χ0n) is 62.8. The quantitative estimate of drug-likeness (QED) is 0.0320. The summed E-state index contributed by atoms with van der Waals surface area (Å²) >= 11 is 0. The van der Waals surface area contributed by atoms with Gasteiger partial charge in [-0.1, -0.05) is 443 Å². The van der Waals surface area contributed by atoms with E-state index in [1.807, 2.05) is 6.08 Å². The molecule has 0 aromatic heterocycles. The van der Waals surface area contributed by atoms with Crippen molar-refractivity contribution >= 4 is 11.9 Å². The van der Waals surface area contributed by atoms with Crippen molar-refractivity contribution < 1.29 is 24.5 Å². The fourth-order valence-corrected chi connectivity index (χ4v) is 13.8. The van der Waals surface area contributed by atoms with Crippen LogP contribution in [0.3, 0.4) is 0 Å². The number of nitrogens with one attached hydrogen (secondary N) is 1. The Morgan fingerprint density at radius 3 is 0.783 bits per heavy atom. The molecule has 0 fully saturated rings. The molecule has 0 heterocycles. The maximum absolute atomic E-state index is 12.6. The minimum absolute atomic E-state index is 0.0149. The zero-order valence-corrected chi connectivity index (χ0v) is 62.8. The number of rotatable bonds is 81. The van der Waals surface area contributed by atoms with Gasteiger partial charge < -0.3 is 20.3 Å². The smallest absolute Gasteiger partial charge is 0.305 e. The summed E-state index contributed by atoms with van der Waals surface area (Å²) < 4.78 is 5.49. The highest BCUT2D eigenvalue weighted by Gasteiger charge is 2.18. The predicted molar refractivity (Wildman–Crippen MR) is 407 cm³/mol. The SMILES string of the molecule is CCCCCC/C=C\CCCCCCCC(=O)OCCCCCCCCCCCCCCCCCCCCCCCCCCCCCCCCCCCCCCCC(=O)NC(CO)C(O)/C=C/CCCCCCCCCCCCCCCCCCCCCCCCC. The van der Waals surface area contributed by atoms with Crippen LogP contribution in [-0.2, 0) is 14.3 Å². The predicted octanol–water partition coefficient (Wildman–Crippen LogP) is 28.4. The van der Waals surface area contributed by atoms with Crippen LogP contribution in [0.15, 0.2) is 24.3 Å². The summed E-state index contributed by atoms with van der Waals surface area (Å²) in [4.78, 5) is 24.6. The number of esters is 1. The van der Waals surface area contributed by atoms with Crippen molar-refractivity contribution in [3.05, 3.63) is 24.3 Å². The second-order valence-corrected chi connectivity index (χ2v) is 29.5. The summed E-state index contributed by atoms with van der Waals surface area (Å²) in [5, 5.41) is 23.3. The molecule has 3 N–H and O–H groups in total. The molecule has 0 aromatic carbocycles. The van der Waals surface area contributed by atoms with Crippen LogP contribution in [0, 0.1) is 0 Å². The third-order valence-electron chi connectivity index (χ3n) is 20.2. The van der Waals surface area contributed by atoms with Crippen molar-refractivity contribution in [1.29, 1.82) is 0 Å². The second-order valence-electron chi connectivity index (χ2n) is 29.5. The lowest BCUT2D eigenvalue weighted by Gasteiger charge is -2.20. The minimum atomic E-state index is -0.842. The maximum Gasteiger partial charge on any atom is 0.305 e. The van der Waals surface area contributed by atoms with E-state index >= 15 is 0 Å². The van der Waals surface area contributed by atoms with Gasteiger partial charge in [-0.15, -0.1) is 0 Å². The number of unbranched alkanes of at least 4 members (excludes halogenated alkanes) is 68. The summed E-state index contributed by atoms with van der Waals surface area (Å²) in [5.74, 6) is -0.0415. The molecule has 1 amide bonds. The van der Waals surface area contributed by atoms with Crippen LogP contribution < -0.4 is 5.32 Å². The molecule has 0 aromatic rings. The Balaban J connectivity index is 3.33. The first-order valence-electron chi connectivity index (χ1n) is 42.6. The Labute approximate surface area is 577 Å². The second kappa shape index (κ2) is 81.8. The number of carbonyl (C=O) groups excluding carboxylic acids is 2. The van der Waals surface area contributed by atoms with E-state index in [1.54, 1.807) is 6.08 Å². The number of ether oxygens (including phenoxy) is 1. The summed E-state index contributed by atoms with van der Waals surface area (Å²) in [6.07, 6.45) is 106.